The van der Waals surface area contributed by atoms with Crippen LogP contribution in [0.1, 0.15) is 23.5 Å². The van der Waals surface area contributed by atoms with Crippen LogP contribution >= 0.6 is 11.3 Å². The lowest BCUT2D eigenvalue weighted by molar-refractivity contribution is -0.141. The van der Waals surface area contributed by atoms with Crippen LogP contribution in [0.5, 0.6) is 0 Å². The first kappa shape index (κ1) is 15.4. The topological polar surface area (TPSA) is 79.3 Å². The van der Waals surface area contributed by atoms with E-state index in [1.54, 1.807) is 0 Å². The SMILES string of the molecule is O=C(O)CCC(=O)NCCc1nc(C(F)(F)F)cs1. The van der Waals surface area contributed by atoms with Crippen molar-refractivity contribution in [1.29, 1.82) is 0 Å². The Labute approximate surface area is 110 Å². The van der Waals surface area contributed by atoms with Crippen LogP contribution in [-0.2, 0) is 22.2 Å². The minimum Gasteiger partial charge on any atom is -0.481 e. The Kier molecular flexibility index (Phi) is 5.28. The van der Waals surface area contributed by atoms with Gasteiger partial charge in [-0.15, -0.1) is 11.3 Å². The Bertz CT molecular complexity index is 459. The van der Waals surface area contributed by atoms with Gasteiger partial charge in [0.25, 0.3) is 0 Å². The Hall–Kier alpha value is -1.64. The average molecular weight is 296 g/mol. The number of carboxylic acids is 1. The molecule has 0 fully saturated rings. The maximum atomic E-state index is 12.2. The minimum atomic E-state index is -4.46. The zero-order chi connectivity index (χ0) is 14.5. The summed E-state index contributed by atoms with van der Waals surface area (Å²) < 4.78 is 36.7. The van der Waals surface area contributed by atoms with Crippen LogP contribution in [0, 0.1) is 0 Å². The standard InChI is InChI=1S/C10H11F3N2O3S/c11-10(12,13)6-5-19-8(15-6)3-4-14-7(16)1-2-9(17)18/h5H,1-4H2,(H,14,16)(H,17,18). The predicted octanol–water partition coefficient (Wildman–Crippen LogP) is 1.69. The van der Waals surface area contributed by atoms with Gasteiger partial charge in [0.05, 0.1) is 11.4 Å². The summed E-state index contributed by atoms with van der Waals surface area (Å²) in [6, 6.07) is 0. The number of carbonyl (C=O) groups is 2. The summed E-state index contributed by atoms with van der Waals surface area (Å²) in [5.41, 5.74) is -0.940. The molecule has 5 nitrogen and oxygen atoms in total. The van der Waals surface area contributed by atoms with Gasteiger partial charge in [-0.25, -0.2) is 4.98 Å². The Morgan fingerprint density at radius 1 is 1.37 bits per heavy atom. The third kappa shape index (κ3) is 5.69. The van der Waals surface area contributed by atoms with Crippen molar-refractivity contribution < 1.29 is 27.9 Å². The first-order valence-electron chi connectivity index (χ1n) is 5.29. The number of aliphatic carboxylic acids is 1. The largest absolute Gasteiger partial charge is 0.481 e. The number of carbonyl (C=O) groups excluding carboxylic acids is 1. The van der Waals surface area contributed by atoms with Crippen molar-refractivity contribution in [3.63, 3.8) is 0 Å². The fourth-order valence-corrected chi connectivity index (χ4v) is 1.98. The van der Waals surface area contributed by atoms with Gasteiger partial charge < -0.3 is 10.4 Å². The van der Waals surface area contributed by atoms with Crippen molar-refractivity contribution in [3.05, 3.63) is 16.1 Å². The van der Waals surface area contributed by atoms with Gasteiger partial charge in [0.1, 0.15) is 0 Å². The number of nitrogens with zero attached hydrogens (tertiary/aromatic N) is 1. The van der Waals surface area contributed by atoms with Gasteiger partial charge in [-0.1, -0.05) is 0 Å². The van der Waals surface area contributed by atoms with Gasteiger partial charge in [0.2, 0.25) is 5.91 Å². The number of aromatic nitrogens is 1. The van der Waals surface area contributed by atoms with E-state index in [-0.39, 0.29) is 30.8 Å². The molecule has 1 aromatic rings. The lowest BCUT2D eigenvalue weighted by atomic mass is 10.3. The molecule has 106 valence electrons. The second-order valence-electron chi connectivity index (χ2n) is 3.62. The maximum Gasteiger partial charge on any atom is 0.434 e. The number of amides is 1. The number of hydrogen-bond acceptors (Lipinski definition) is 4. The molecule has 0 saturated carbocycles. The molecule has 0 saturated heterocycles. The summed E-state index contributed by atoms with van der Waals surface area (Å²) in [7, 11) is 0. The molecule has 0 aliphatic heterocycles. The fourth-order valence-electron chi connectivity index (χ4n) is 1.17. The Morgan fingerprint density at radius 3 is 2.58 bits per heavy atom. The van der Waals surface area contributed by atoms with Crippen LogP contribution in [0.4, 0.5) is 13.2 Å². The second-order valence-corrected chi connectivity index (χ2v) is 4.56. The molecule has 1 amide bonds. The number of hydrogen-bond donors (Lipinski definition) is 2. The normalized spacial score (nSPS) is 11.3. The summed E-state index contributed by atoms with van der Waals surface area (Å²) in [6.45, 7) is 0.128. The first-order chi connectivity index (χ1) is 8.79. The van der Waals surface area contributed by atoms with E-state index >= 15 is 0 Å². The fraction of sp³-hybridized carbons (Fsp3) is 0.500. The highest BCUT2D eigenvalue weighted by Crippen LogP contribution is 2.29. The van der Waals surface area contributed by atoms with Gasteiger partial charge in [-0.2, -0.15) is 13.2 Å². The van der Waals surface area contributed by atoms with Crippen LogP contribution in [0.25, 0.3) is 0 Å². The molecule has 1 rings (SSSR count). The summed E-state index contributed by atoms with van der Waals surface area (Å²) >= 11 is 0.870. The number of thiazole rings is 1. The smallest absolute Gasteiger partial charge is 0.434 e. The Balaban J connectivity index is 2.31. The van der Waals surface area contributed by atoms with E-state index in [2.05, 4.69) is 10.3 Å². The van der Waals surface area contributed by atoms with Crippen molar-refractivity contribution in [3.8, 4) is 0 Å². The van der Waals surface area contributed by atoms with Crippen molar-refractivity contribution >= 4 is 23.2 Å². The van der Waals surface area contributed by atoms with Crippen LogP contribution in [0.2, 0.25) is 0 Å². The van der Waals surface area contributed by atoms with Gasteiger partial charge in [0, 0.05) is 24.8 Å². The number of carboxylic acid groups (broad SMARTS) is 1. The number of rotatable bonds is 6. The molecule has 0 aliphatic rings. The van der Waals surface area contributed by atoms with Crippen molar-refractivity contribution in [1.82, 2.24) is 10.3 Å². The van der Waals surface area contributed by atoms with Gasteiger partial charge in [-0.3, -0.25) is 9.59 Å². The molecule has 1 aromatic heterocycles. The lowest BCUT2D eigenvalue weighted by Crippen LogP contribution is -2.26. The third-order valence-corrected chi connectivity index (χ3v) is 2.98. The zero-order valence-electron chi connectivity index (χ0n) is 9.66. The molecule has 0 bridgehead atoms. The van der Waals surface area contributed by atoms with E-state index in [1.807, 2.05) is 0 Å². The lowest BCUT2D eigenvalue weighted by Gasteiger charge is -2.02. The molecule has 0 aromatic carbocycles. The maximum absolute atomic E-state index is 12.2. The molecule has 1 heterocycles. The molecule has 19 heavy (non-hydrogen) atoms. The molecule has 0 unspecified atom stereocenters. The third-order valence-electron chi connectivity index (χ3n) is 2.07. The highest BCUT2D eigenvalue weighted by molar-refractivity contribution is 7.09. The van der Waals surface area contributed by atoms with E-state index in [1.165, 1.54) is 0 Å². The van der Waals surface area contributed by atoms with E-state index in [0.29, 0.717) is 0 Å². The second kappa shape index (κ2) is 6.50. The molecular weight excluding hydrogens is 285 g/mol. The highest BCUT2D eigenvalue weighted by atomic mass is 32.1. The Morgan fingerprint density at radius 2 is 2.05 bits per heavy atom. The zero-order valence-corrected chi connectivity index (χ0v) is 10.5. The molecule has 2 N–H and O–H groups in total. The van der Waals surface area contributed by atoms with E-state index in [0.717, 1.165) is 16.7 Å². The number of halogens is 3. The van der Waals surface area contributed by atoms with E-state index < -0.39 is 23.7 Å². The van der Waals surface area contributed by atoms with Gasteiger partial charge >= 0.3 is 12.1 Å². The summed E-state index contributed by atoms with van der Waals surface area (Å²) in [5, 5.41) is 12.0. The van der Waals surface area contributed by atoms with Crippen molar-refractivity contribution in [2.45, 2.75) is 25.4 Å². The van der Waals surface area contributed by atoms with Crippen molar-refractivity contribution in [2.75, 3.05) is 6.54 Å². The average Bonchev–Trinajstić information content (AvgIpc) is 2.74. The minimum absolute atomic E-state index is 0.128. The molecule has 0 radical (unpaired) electrons. The van der Waals surface area contributed by atoms with Crippen LogP contribution in [-0.4, -0.2) is 28.5 Å². The van der Waals surface area contributed by atoms with E-state index in [4.69, 9.17) is 5.11 Å². The van der Waals surface area contributed by atoms with Crippen LogP contribution in [0.15, 0.2) is 5.38 Å². The summed E-state index contributed by atoms with van der Waals surface area (Å²) in [5.74, 6) is -1.53. The van der Waals surface area contributed by atoms with Crippen LogP contribution in [0.3, 0.4) is 0 Å². The van der Waals surface area contributed by atoms with E-state index in [9.17, 15) is 22.8 Å². The molecule has 0 aliphatic carbocycles. The van der Waals surface area contributed by atoms with Crippen molar-refractivity contribution in [2.24, 2.45) is 0 Å². The molecule has 9 heteroatoms. The van der Waals surface area contributed by atoms with Crippen LogP contribution < -0.4 is 5.32 Å². The first-order valence-corrected chi connectivity index (χ1v) is 6.17. The summed E-state index contributed by atoms with van der Waals surface area (Å²) in [6.07, 6.45) is -4.71. The molecular formula is C10H11F3N2O3S. The number of alkyl halides is 3. The quantitative estimate of drug-likeness (QED) is 0.837. The van der Waals surface area contributed by atoms with Gasteiger partial charge in [-0.05, 0) is 0 Å². The predicted molar refractivity (Wildman–Crippen MR) is 60.7 cm³/mol. The monoisotopic (exact) mass is 296 g/mol. The molecule has 0 atom stereocenters. The molecule has 0 spiro atoms. The highest BCUT2D eigenvalue weighted by Gasteiger charge is 2.33. The van der Waals surface area contributed by atoms with Gasteiger partial charge in [0.15, 0.2) is 5.69 Å². The number of nitrogens with one attached hydrogen (secondary N) is 1. The summed E-state index contributed by atoms with van der Waals surface area (Å²) in [4.78, 5) is 24.7.